The van der Waals surface area contributed by atoms with E-state index >= 15 is 0 Å². The van der Waals surface area contributed by atoms with Crippen LogP contribution in [0.25, 0.3) is 0 Å². The van der Waals surface area contributed by atoms with Gasteiger partial charge in [0.15, 0.2) is 5.96 Å². The number of morpholine rings is 1. The minimum Gasteiger partial charge on any atom is -0.374 e. The van der Waals surface area contributed by atoms with Gasteiger partial charge < -0.3 is 20.3 Å². The van der Waals surface area contributed by atoms with Gasteiger partial charge in [-0.25, -0.2) is 0 Å². The van der Waals surface area contributed by atoms with Crippen LogP contribution < -0.4 is 15.5 Å². The molecule has 1 aromatic carbocycles. The largest absolute Gasteiger partial charge is 0.374 e. The van der Waals surface area contributed by atoms with E-state index in [1.807, 2.05) is 7.05 Å². The Kier molecular flexibility index (Phi) is 8.19. The molecule has 1 aromatic rings. The Morgan fingerprint density at radius 1 is 1.21 bits per heavy atom. The molecule has 0 aromatic heterocycles. The molecule has 3 rings (SSSR count). The molecule has 0 radical (unpaired) electrons. The van der Waals surface area contributed by atoms with E-state index in [2.05, 4.69) is 70.5 Å². The van der Waals surface area contributed by atoms with Gasteiger partial charge in [-0.05, 0) is 43.4 Å². The maximum atomic E-state index is 5.95. The third kappa shape index (κ3) is 6.61. The molecule has 0 bridgehead atoms. The number of rotatable bonds is 7. The highest BCUT2D eigenvalue weighted by Crippen LogP contribution is 2.23. The Morgan fingerprint density at radius 3 is 2.72 bits per heavy atom. The maximum Gasteiger partial charge on any atom is 0.191 e. The molecule has 162 valence electrons. The number of benzene rings is 1. The molecular formula is C23H39N5O. The first-order chi connectivity index (χ1) is 14.0. The fourth-order valence-electron chi connectivity index (χ4n) is 4.25. The fraction of sp³-hybridized carbons (Fsp3) is 0.696. The van der Waals surface area contributed by atoms with E-state index in [4.69, 9.17) is 4.74 Å². The number of anilines is 1. The van der Waals surface area contributed by atoms with Crippen molar-refractivity contribution in [2.24, 2.45) is 10.9 Å². The fourth-order valence-corrected chi connectivity index (χ4v) is 4.25. The highest BCUT2D eigenvalue weighted by Gasteiger charge is 2.21. The molecule has 2 unspecified atom stereocenters. The molecule has 0 aliphatic carbocycles. The lowest BCUT2D eigenvalue weighted by molar-refractivity contribution is -0.0284. The lowest BCUT2D eigenvalue weighted by Gasteiger charge is -2.34. The number of hydrogen-bond acceptors (Lipinski definition) is 4. The Hall–Kier alpha value is -1.79. The Labute approximate surface area is 176 Å². The van der Waals surface area contributed by atoms with Gasteiger partial charge in [0.1, 0.15) is 0 Å². The number of guanidine groups is 1. The van der Waals surface area contributed by atoms with Crippen LogP contribution in [0.3, 0.4) is 0 Å². The van der Waals surface area contributed by atoms with Gasteiger partial charge in [0.2, 0.25) is 0 Å². The number of hydrogen-bond donors (Lipinski definition) is 2. The number of ether oxygens (including phenoxy) is 1. The van der Waals surface area contributed by atoms with Gasteiger partial charge in [-0.15, -0.1) is 0 Å². The van der Waals surface area contributed by atoms with Gasteiger partial charge in [-0.2, -0.15) is 0 Å². The minimum absolute atomic E-state index is 0.188. The predicted molar refractivity (Wildman–Crippen MR) is 122 cm³/mol. The van der Waals surface area contributed by atoms with Crippen molar-refractivity contribution >= 4 is 11.6 Å². The zero-order valence-corrected chi connectivity index (χ0v) is 18.7. The Morgan fingerprint density at radius 2 is 2.00 bits per heavy atom. The average molecular weight is 402 g/mol. The monoisotopic (exact) mass is 401 g/mol. The minimum atomic E-state index is 0.188. The van der Waals surface area contributed by atoms with Crippen molar-refractivity contribution in [3.63, 3.8) is 0 Å². The first-order valence-corrected chi connectivity index (χ1v) is 11.2. The summed E-state index contributed by atoms with van der Waals surface area (Å²) >= 11 is 0. The van der Waals surface area contributed by atoms with Crippen molar-refractivity contribution in [1.82, 2.24) is 15.5 Å². The number of aliphatic imine (C=N–C) groups is 1. The highest BCUT2D eigenvalue weighted by molar-refractivity contribution is 5.80. The molecule has 2 atom stereocenters. The number of nitrogens with zero attached hydrogens (tertiary/aromatic N) is 3. The van der Waals surface area contributed by atoms with Gasteiger partial charge in [0, 0.05) is 52.0 Å². The molecule has 2 saturated heterocycles. The summed E-state index contributed by atoms with van der Waals surface area (Å²) in [5.41, 5.74) is 2.62. The van der Waals surface area contributed by atoms with Gasteiger partial charge in [-0.1, -0.05) is 26.0 Å². The van der Waals surface area contributed by atoms with Crippen LogP contribution in [-0.2, 0) is 4.74 Å². The van der Waals surface area contributed by atoms with Crippen LogP contribution in [0.1, 0.15) is 45.2 Å². The smallest absolute Gasteiger partial charge is 0.191 e. The first-order valence-electron chi connectivity index (χ1n) is 11.2. The Balaban J connectivity index is 1.50. The lowest BCUT2D eigenvalue weighted by Crippen LogP contribution is -2.50. The summed E-state index contributed by atoms with van der Waals surface area (Å²) < 4.78 is 5.95. The van der Waals surface area contributed by atoms with Gasteiger partial charge in [0.25, 0.3) is 0 Å². The molecule has 0 spiro atoms. The third-order valence-electron chi connectivity index (χ3n) is 5.76. The molecule has 2 fully saturated rings. The zero-order chi connectivity index (χ0) is 20.6. The van der Waals surface area contributed by atoms with Crippen LogP contribution in [0, 0.1) is 5.92 Å². The van der Waals surface area contributed by atoms with Crippen molar-refractivity contribution < 1.29 is 4.74 Å². The van der Waals surface area contributed by atoms with Gasteiger partial charge >= 0.3 is 0 Å². The van der Waals surface area contributed by atoms with Crippen molar-refractivity contribution in [3.8, 4) is 0 Å². The zero-order valence-electron chi connectivity index (χ0n) is 18.7. The summed E-state index contributed by atoms with van der Waals surface area (Å²) in [4.78, 5) is 9.40. The standard InChI is InChI=1S/C23H39N5O/c1-18(2)16-27-12-13-29-22(17-27)15-25-23(24-4)26-19(3)20-8-7-9-21(14-20)28-10-5-6-11-28/h7-9,14,18-19,22H,5-6,10-13,15-17H2,1-4H3,(H2,24,25,26). The van der Waals surface area contributed by atoms with E-state index in [0.29, 0.717) is 5.92 Å². The number of nitrogens with one attached hydrogen (secondary N) is 2. The summed E-state index contributed by atoms with van der Waals surface area (Å²) in [6, 6.07) is 9.07. The summed E-state index contributed by atoms with van der Waals surface area (Å²) in [5, 5.41) is 7.00. The van der Waals surface area contributed by atoms with E-state index in [1.165, 1.54) is 37.2 Å². The van der Waals surface area contributed by atoms with E-state index in [1.54, 1.807) is 0 Å². The average Bonchev–Trinajstić information content (AvgIpc) is 3.26. The van der Waals surface area contributed by atoms with Crippen LogP contribution in [0.5, 0.6) is 0 Å². The van der Waals surface area contributed by atoms with Crippen molar-refractivity contribution in [2.45, 2.75) is 45.8 Å². The molecule has 2 N–H and O–H groups in total. The van der Waals surface area contributed by atoms with Crippen LogP contribution in [0.2, 0.25) is 0 Å². The molecule has 0 saturated carbocycles. The normalized spacial score (nSPS) is 22.2. The molecule has 6 heteroatoms. The summed E-state index contributed by atoms with van der Waals surface area (Å²) in [5.74, 6) is 1.52. The summed E-state index contributed by atoms with van der Waals surface area (Å²) in [6.07, 6.45) is 2.80. The second-order valence-electron chi connectivity index (χ2n) is 8.75. The van der Waals surface area contributed by atoms with Gasteiger partial charge in [0.05, 0.1) is 18.8 Å². The summed E-state index contributed by atoms with van der Waals surface area (Å²) in [7, 11) is 1.83. The summed E-state index contributed by atoms with van der Waals surface area (Å²) in [6.45, 7) is 13.8. The van der Waals surface area contributed by atoms with E-state index in [-0.39, 0.29) is 12.1 Å². The van der Waals surface area contributed by atoms with Crippen LogP contribution in [0.15, 0.2) is 29.3 Å². The van der Waals surface area contributed by atoms with Gasteiger partial charge in [-0.3, -0.25) is 9.89 Å². The molecular weight excluding hydrogens is 362 g/mol. The SMILES string of the molecule is CN=C(NCC1CN(CC(C)C)CCO1)NC(C)c1cccc(N2CCCC2)c1. The molecule has 2 aliphatic heterocycles. The Bertz CT molecular complexity index is 656. The van der Waals surface area contributed by atoms with E-state index in [9.17, 15) is 0 Å². The molecule has 2 aliphatic rings. The predicted octanol–water partition coefficient (Wildman–Crippen LogP) is 2.87. The van der Waals surface area contributed by atoms with Crippen molar-refractivity contribution in [1.29, 1.82) is 0 Å². The molecule has 2 heterocycles. The third-order valence-corrected chi connectivity index (χ3v) is 5.76. The molecule has 6 nitrogen and oxygen atoms in total. The quantitative estimate of drug-likeness (QED) is 0.544. The van der Waals surface area contributed by atoms with Crippen LogP contribution in [0.4, 0.5) is 5.69 Å². The molecule has 0 amide bonds. The lowest BCUT2D eigenvalue weighted by atomic mass is 10.1. The first kappa shape index (κ1) is 21.9. The van der Waals surface area contributed by atoms with Crippen molar-refractivity contribution in [2.75, 3.05) is 57.8 Å². The van der Waals surface area contributed by atoms with Crippen LogP contribution >= 0.6 is 0 Å². The molecule has 29 heavy (non-hydrogen) atoms. The second-order valence-corrected chi connectivity index (χ2v) is 8.75. The van der Waals surface area contributed by atoms with Crippen molar-refractivity contribution in [3.05, 3.63) is 29.8 Å². The van der Waals surface area contributed by atoms with Crippen LogP contribution in [-0.4, -0.2) is 69.9 Å². The second kappa shape index (κ2) is 10.8. The maximum absolute atomic E-state index is 5.95. The van der Waals surface area contributed by atoms with E-state index < -0.39 is 0 Å². The van der Waals surface area contributed by atoms with E-state index in [0.717, 1.165) is 38.7 Å². The topological polar surface area (TPSA) is 52.1 Å². The highest BCUT2D eigenvalue weighted by atomic mass is 16.5.